The van der Waals surface area contributed by atoms with Gasteiger partial charge in [-0.05, 0) is 11.6 Å². The van der Waals surface area contributed by atoms with E-state index in [1.165, 1.54) is 5.56 Å². The lowest BCUT2D eigenvalue weighted by Crippen LogP contribution is -2.65. The Kier molecular flexibility index (Phi) is 2.77. The van der Waals surface area contributed by atoms with Crippen molar-refractivity contribution in [2.75, 3.05) is 38.7 Å². The predicted octanol–water partition coefficient (Wildman–Crippen LogP) is 2.21. The lowest BCUT2D eigenvalue weighted by atomic mass is 9.78. The lowest BCUT2D eigenvalue weighted by molar-refractivity contribution is -0.191. The first kappa shape index (κ1) is 11.3. The van der Waals surface area contributed by atoms with E-state index in [2.05, 4.69) is 16.3 Å². The Morgan fingerprint density at radius 3 is 2.76 bits per heavy atom. The second-order valence-corrected chi connectivity index (χ2v) is 5.57. The molecule has 0 atom stereocenters. The van der Waals surface area contributed by atoms with Crippen molar-refractivity contribution in [3.05, 3.63) is 28.8 Å². The molecule has 2 fully saturated rings. The molecule has 2 aliphatic heterocycles. The van der Waals surface area contributed by atoms with Crippen molar-refractivity contribution in [3.63, 3.8) is 0 Å². The maximum atomic E-state index is 6.17. The highest BCUT2D eigenvalue weighted by molar-refractivity contribution is 6.33. The molecule has 0 radical (unpaired) electrons. The van der Waals surface area contributed by atoms with Crippen LogP contribution in [0.4, 0.5) is 5.69 Å². The van der Waals surface area contributed by atoms with Gasteiger partial charge in [-0.1, -0.05) is 23.7 Å². The number of hydrogen-bond donors (Lipinski definition) is 1. The summed E-state index contributed by atoms with van der Waals surface area (Å²) < 4.78 is 5.28. The van der Waals surface area contributed by atoms with Gasteiger partial charge < -0.3 is 10.1 Å². The van der Waals surface area contributed by atoms with Crippen LogP contribution in [0.3, 0.4) is 0 Å². The van der Waals surface area contributed by atoms with Crippen LogP contribution in [-0.2, 0) is 11.3 Å². The van der Waals surface area contributed by atoms with Crippen LogP contribution in [0.25, 0.3) is 0 Å². The third-order valence-corrected chi connectivity index (χ3v) is 3.99. The van der Waals surface area contributed by atoms with E-state index in [9.17, 15) is 0 Å². The zero-order valence-corrected chi connectivity index (χ0v) is 10.8. The minimum atomic E-state index is 0.485. The zero-order chi connectivity index (χ0) is 11.9. The van der Waals surface area contributed by atoms with Crippen molar-refractivity contribution >= 4 is 17.3 Å². The molecule has 1 N–H and O–H groups in total. The third kappa shape index (κ3) is 1.92. The van der Waals surface area contributed by atoms with Crippen LogP contribution in [0, 0.1) is 5.41 Å². The van der Waals surface area contributed by atoms with Crippen LogP contribution in [0.2, 0.25) is 5.02 Å². The first-order chi connectivity index (χ1) is 8.22. The summed E-state index contributed by atoms with van der Waals surface area (Å²) in [6.45, 7) is 5.17. The quantitative estimate of drug-likeness (QED) is 0.893. The second kappa shape index (κ2) is 4.16. The number of hydrogen-bond acceptors (Lipinski definition) is 3. The molecule has 0 saturated carbocycles. The van der Waals surface area contributed by atoms with Crippen LogP contribution in [0.5, 0.6) is 0 Å². The summed E-state index contributed by atoms with van der Waals surface area (Å²) in [6, 6.07) is 6.08. The van der Waals surface area contributed by atoms with Crippen molar-refractivity contribution in [1.29, 1.82) is 0 Å². The van der Waals surface area contributed by atoms with Gasteiger partial charge in [0.15, 0.2) is 0 Å². The van der Waals surface area contributed by atoms with E-state index in [-0.39, 0.29) is 0 Å². The van der Waals surface area contributed by atoms with Crippen molar-refractivity contribution in [3.8, 4) is 0 Å². The van der Waals surface area contributed by atoms with Crippen LogP contribution >= 0.6 is 11.6 Å². The number of nitrogens with one attached hydrogen (secondary N) is 1. The fourth-order valence-corrected chi connectivity index (χ4v) is 3.10. The van der Waals surface area contributed by atoms with Gasteiger partial charge in [0.1, 0.15) is 0 Å². The molecule has 1 spiro atoms. The lowest BCUT2D eigenvalue weighted by Gasteiger charge is -2.55. The van der Waals surface area contributed by atoms with E-state index in [1.54, 1.807) is 0 Å². The fourth-order valence-electron chi connectivity index (χ4n) is 2.81. The number of anilines is 1. The van der Waals surface area contributed by atoms with E-state index >= 15 is 0 Å². The highest BCUT2D eigenvalue weighted by Gasteiger charge is 2.48. The van der Waals surface area contributed by atoms with Crippen LogP contribution < -0.4 is 5.32 Å². The topological polar surface area (TPSA) is 24.5 Å². The van der Waals surface area contributed by atoms with Gasteiger partial charge >= 0.3 is 0 Å². The number of halogens is 1. The highest BCUT2D eigenvalue weighted by atomic mass is 35.5. The first-order valence-corrected chi connectivity index (χ1v) is 6.35. The van der Waals surface area contributed by atoms with E-state index < -0.39 is 0 Å². The molecule has 0 aliphatic carbocycles. The Morgan fingerprint density at radius 1 is 1.41 bits per heavy atom. The van der Waals surface area contributed by atoms with E-state index in [1.807, 2.05) is 19.2 Å². The van der Waals surface area contributed by atoms with Gasteiger partial charge in [0.25, 0.3) is 0 Å². The largest absolute Gasteiger partial charge is 0.387 e. The molecule has 2 aliphatic rings. The minimum Gasteiger partial charge on any atom is -0.387 e. The van der Waals surface area contributed by atoms with E-state index in [0.717, 1.165) is 43.6 Å². The third-order valence-electron chi connectivity index (χ3n) is 3.68. The maximum Gasteiger partial charge on any atom is 0.0640 e. The van der Waals surface area contributed by atoms with Crippen molar-refractivity contribution in [2.45, 2.75) is 6.54 Å². The molecule has 2 heterocycles. The van der Waals surface area contributed by atoms with Gasteiger partial charge in [0.2, 0.25) is 0 Å². The van der Waals surface area contributed by atoms with Gasteiger partial charge in [-0.25, -0.2) is 0 Å². The summed E-state index contributed by atoms with van der Waals surface area (Å²) in [5.74, 6) is 0. The average molecular weight is 253 g/mol. The van der Waals surface area contributed by atoms with Gasteiger partial charge in [0, 0.05) is 32.1 Å². The predicted molar refractivity (Wildman–Crippen MR) is 69.5 cm³/mol. The second-order valence-electron chi connectivity index (χ2n) is 5.16. The fraction of sp³-hybridized carbons (Fsp3) is 0.538. The van der Waals surface area contributed by atoms with Crippen molar-refractivity contribution in [2.24, 2.45) is 5.41 Å². The standard InChI is InChI=1S/C13H17ClN2O/c1-15-12-10(3-2-4-11(12)14)5-16-6-13(7-16)8-17-9-13/h2-4,15H,5-9H2,1H3. The molecule has 3 nitrogen and oxygen atoms in total. The normalized spacial score (nSPS) is 22.0. The number of rotatable bonds is 3. The molecule has 0 amide bonds. The number of para-hydroxylation sites is 1. The van der Waals surface area contributed by atoms with Crippen LogP contribution in [0.1, 0.15) is 5.56 Å². The smallest absolute Gasteiger partial charge is 0.0640 e. The van der Waals surface area contributed by atoms with Gasteiger partial charge in [0.05, 0.1) is 23.9 Å². The molecule has 0 bridgehead atoms. The minimum absolute atomic E-state index is 0.485. The molecule has 0 unspecified atom stereocenters. The summed E-state index contributed by atoms with van der Waals surface area (Å²) in [7, 11) is 1.92. The molecule has 17 heavy (non-hydrogen) atoms. The molecule has 3 rings (SSSR count). The summed E-state index contributed by atoms with van der Waals surface area (Å²) in [5, 5.41) is 3.98. The SMILES string of the molecule is CNc1c(Cl)cccc1CN1CC2(COC2)C1. The van der Waals surface area contributed by atoms with E-state index in [0.29, 0.717) is 5.41 Å². The van der Waals surface area contributed by atoms with E-state index in [4.69, 9.17) is 16.3 Å². The number of likely N-dealkylation sites (tertiary alicyclic amines) is 1. The maximum absolute atomic E-state index is 6.17. The first-order valence-electron chi connectivity index (χ1n) is 5.98. The molecule has 92 valence electrons. The summed E-state index contributed by atoms with van der Waals surface area (Å²) in [5.41, 5.74) is 2.81. The number of benzene rings is 1. The monoisotopic (exact) mass is 252 g/mol. The molecule has 1 aromatic carbocycles. The van der Waals surface area contributed by atoms with Crippen molar-refractivity contribution in [1.82, 2.24) is 4.90 Å². The van der Waals surface area contributed by atoms with Crippen LogP contribution in [-0.4, -0.2) is 38.3 Å². The molecule has 0 aromatic heterocycles. The Bertz CT molecular complexity index is 423. The Hall–Kier alpha value is -0.770. The molecule has 4 heteroatoms. The average Bonchev–Trinajstić information content (AvgIpc) is 2.20. The number of ether oxygens (including phenoxy) is 1. The summed E-state index contributed by atoms with van der Waals surface area (Å²) in [6.07, 6.45) is 0. The van der Waals surface area contributed by atoms with Crippen LogP contribution in [0.15, 0.2) is 18.2 Å². The zero-order valence-electron chi connectivity index (χ0n) is 10.0. The molecular weight excluding hydrogens is 236 g/mol. The summed E-state index contributed by atoms with van der Waals surface area (Å²) in [4.78, 5) is 2.45. The molecule has 2 saturated heterocycles. The van der Waals surface area contributed by atoms with Gasteiger partial charge in [-0.2, -0.15) is 0 Å². The van der Waals surface area contributed by atoms with Gasteiger partial charge in [-0.3, -0.25) is 4.90 Å². The Morgan fingerprint density at radius 2 is 2.18 bits per heavy atom. The molecular formula is C13H17ClN2O. The number of nitrogens with zero attached hydrogens (tertiary/aromatic N) is 1. The highest BCUT2D eigenvalue weighted by Crippen LogP contribution is 2.39. The summed E-state index contributed by atoms with van der Waals surface area (Å²) >= 11 is 6.17. The van der Waals surface area contributed by atoms with Gasteiger partial charge in [-0.15, -0.1) is 0 Å². The molecule has 1 aromatic rings. The Balaban J connectivity index is 1.67. The Labute approximate surface area is 107 Å². The van der Waals surface area contributed by atoms with Crippen molar-refractivity contribution < 1.29 is 4.74 Å².